The van der Waals surface area contributed by atoms with Crippen LogP contribution in [-0.4, -0.2) is 19.1 Å². The van der Waals surface area contributed by atoms with Gasteiger partial charge in [0.2, 0.25) is 0 Å². The number of benzene rings is 1. The van der Waals surface area contributed by atoms with Crippen LogP contribution in [-0.2, 0) is 6.42 Å². The van der Waals surface area contributed by atoms with Crippen LogP contribution in [0.5, 0.6) is 0 Å². The Bertz CT molecular complexity index is 553. The summed E-state index contributed by atoms with van der Waals surface area (Å²) in [5, 5.41) is 9.72. The molecule has 3 nitrogen and oxygen atoms in total. The van der Waals surface area contributed by atoms with Crippen molar-refractivity contribution in [2.45, 2.75) is 6.42 Å². The van der Waals surface area contributed by atoms with Gasteiger partial charge in [-0.15, -0.1) is 0 Å². The zero-order valence-electron chi connectivity index (χ0n) is 9.44. The predicted octanol–water partition coefficient (Wildman–Crippen LogP) is 2.37. The summed E-state index contributed by atoms with van der Waals surface area (Å²) in [5.41, 5.74) is 2.92. The molecule has 0 atom stereocenters. The minimum atomic E-state index is 0.366. The van der Waals surface area contributed by atoms with Gasteiger partial charge in [-0.05, 0) is 24.3 Å². The van der Waals surface area contributed by atoms with Crippen molar-refractivity contribution < 1.29 is 0 Å². The van der Waals surface area contributed by atoms with Crippen molar-refractivity contribution in [3.05, 3.63) is 36.0 Å². The van der Waals surface area contributed by atoms with Crippen molar-refractivity contribution in [3.63, 3.8) is 0 Å². The maximum absolute atomic E-state index is 8.61. The standard InChI is InChI=1S/C13H13N3/c1-16(2)12-5-6-13-10(9-12)3-4-11(15-13)7-8-14/h3-6,9H,7H2,1-2H3. The van der Waals surface area contributed by atoms with Gasteiger partial charge in [0.1, 0.15) is 0 Å². The van der Waals surface area contributed by atoms with Gasteiger partial charge in [0, 0.05) is 25.2 Å². The molecule has 16 heavy (non-hydrogen) atoms. The van der Waals surface area contributed by atoms with Gasteiger partial charge in [0.15, 0.2) is 0 Å². The minimum absolute atomic E-state index is 0.366. The Labute approximate surface area is 94.9 Å². The molecule has 0 N–H and O–H groups in total. The lowest BCUT2D eigenvalue weighted by atomic mass is 10.1. The fraction of sp³-hybridized carbons (Fsp3) is 0.231. The van der Waals surface area contributed by atoms with E-state index in [4.69, 9.17) is 5.26 Å². The van der Waals surface area contributed by atoms with Crippen LogP contribution >= 0.6 is 0 Å². The second-order valence-electron chi connectivity index (χ2n) is 3.91. The lowest BCUT2D eigenvalue weighted by molar-refractivity contribution is 1.13. The minimum Gasteiger partial charge on any atom is -0.378 e. The Morgan fingerprint density at radius 3 is 2.75 bits per heavy atom. The SMILES string of the molecule is CN(C)c1ccc2nc(CC#N)ccc2c1. The molecule has 0 aliphatic carbocycles. The maximum atomic E-state index is 8.61. The van der Waals surface area contributed by atoms with E-state index >= 15 is 0 Å². The zero-order valence-corrected chi connectivity index (χ0v) is 9.44. The van der Waals surface area contributed by atoms with Crippen molar-refractivity contribution in [2.24, 2.45) is 0 Å². The van der Waals surface area contributed by atoms with Gasteiger partial charge < -0.3 is 4.90 Å². The number of rotatable bonds is 2. The topological polar surface area (TPSA) is 39.9 Å². The summed E-state index contributed by atoms with van der Waals surface area (Å²) in [5.74, 6) is 0. The Hall–Kier alpha value is -2.08. The summed E-state index contributed by atoms with van der Waals surface area (Å²) in [6.07, 6.45) is 0.366. The number of aromatic nitrogens is 1. The van der Waals surface area contributed by atoms with Crippen LogP contribution < -0.4 is 4.90 Å². The first-order chi connectivity index (χ1) is 7.70. The van der Waals surface area contributed by atoms with E-state index in [2.05, 4.69) is 22.0 Å². The number of anilines is 1. The highest BCUT2D eigenvalue weighted by molar-refractivity contribution is 5.82. The van der Waals surface area contributed by atoms with E-state index in [-0.39, 0.29) is 0 Å². The molecule has 0 aliphatic heterocycles. The van der Waals surface area contributed by atoms with Crippen molar-refractivity contribution in [1.29, 1.82) is 5.26 Å². The molecule has 80 valence electrons. The van der Waals surface area contributed by atoms with Gasteiger partial charge >= 0.3 is 0 Å². The van der Waals surface area contributed by atoms with E-state index in [1.807, 2.05) is 38.4 Å². The van der Waals surface area contributed by atoms with Crippen molar-refractivity contribution in [3.8, 4) is 6.07 Å². The molecular weight excluding hydrogens is 198 g/mol. The van der Waals surface area contributed by atoms with Gasteiger partial charge in [0.25, 0.3) is 0 Å². The molecule has 0 saturated carbocycles. The largest absolute Gasteiger partial charge is 0.378 e. The third kappa shape index (κ3) is 1.96. The Balaban J connectivity index is 2.49. The molecule has 0 unspecified atom stereocenters. The van der Waals surface area contributed by atoms with E-state index in [0.29, 0.717) is 6.42 Å². The van der Waals surface area contributed by atoms with Crippen LogP contribution in [0.4, 0.5) is 5.69 Å². The summed E-state index contributed by atoms with van der Waals surface area (Å²) in [4.78, 5) is 6.48. The van der Waals surface area contributed by atoms with E-state index in [0.717, 1.165) is 22.3 Å². The molecule has 0 saturated heterocycles. The lowest BCUT2D eigenvalue weighted by Crippen LogP contribution is -2.08. The maximum Gasteiger partial charge on any atom is 0.0774 e. The first kappa shape index (κ1) is 10.4. The number of fused-ring (bicyclic) bond motifs is 1. The molecule has 0 aliphatic rings. The summed E-state index contributed by atoms with van der Waals surface area (Å²) in [6, 6.07) is 12.2. The third-order valence-electron chi connectivity index (χ3n) is 2.51. The molecule has 0 spiro atoms. The molecule has 1 aromatic carbocycles. The Kier molecular flexibility index (Phi) is 2.74. The normalized spacial score (nSPS) is 10.1. The summed E-state index contributed by atoms with van der Waals surface area (Å²) in [7, 11) is 4.03. The zero-order chi connectivity index (χ0) is 11.5. The molecule has 2 rings (SSSR count). The Morgan fingerprint density at radius 2 is 2.06 bits per heavy atom. The van der Waals surface area contributed by atoms with Crippen molar-refractivity contribution in [1.82, 2.24) is 4.98 Å². The number of hydrogen-bond donors (Lipinski definition) is 0. The summed E-state index contributed by atoms with van der Waals surface area (Å²) in [6.45, 7) is 0. The molecule has 2 aromatic rings. The predicted molar refractivity (Wildman–Crippen MR) is 65.4 cm³/mol. The highest BCUT2D eigenvalue weighted by Gasteiger charge is 2.00. The van der Waals surface area contributed by atoms with Crippen molar-refractivity contribution in [2.75, 3.05) is 19.0 Å². The highest BCUT2D eigenvalue weighted by Crippen LogP contribution is 2.19. The summed E-state index contributed by atoms with van der Waals surface area (Å²) < 4.78 is 0. The van der Waals surface area contributed by atoms with Crippen LogP contribution in [0, 0.1) is 11.3 Å². The molecule has 0 bridgehead atoms. The van der Waals surface area contributed by atoms with E-state index in [1.54, 1.807) is 0 Å². The molecule has 3 heteroatoms. The van der Waals surface area contributed by atoms with E-state index in [9.17, 15) is 0 Å². The van der Waals surface area contributed by atoms with E-state index in [1.165, 1.54) is 0 Å². The van der Waals surface area contributed by atoms with Gasteiger partial charge in [-0.1, -0.05) is 6.07 Å². The Morgan fingerprint density at radius 1 is 1.25 bits per heavy atom. The van der Waals surface area contributed by atoms with Crippen LogP contribution in [0.1, 0.15) is 5.69 Å². The van der Waals surface area contributed by atoms with Crippen LogP contribution in [0.2, 0.25) is 0 Å². The summed E-state index contributed by atoms with van der Waals surface area (Å²) >= 11 is 0. The number of pyridine rings is 1. The first-order valence-electron chi connectivity index (χ1n) is 5.14. The first-order valence-corrected chi connectivity index (χ1v) is 5.14. The molecule has 1 aromatic heterocycles. The molecule has 0 amide bonds. The smallest absolute Gasteiger partial charge is 0.0774 e. The number of hydrogen-bond acceptors (Lipinski definition) is 3. The third-order valence-corrected chi connectivity index (χ3v) is 2.51. The average molecular weight is 211 g/mol. The lowest BCUT2D eigenvalue weighted by Gasteiger charge is -2.12. The van der Waals surface area contributed by atoms with Crippen LogP contribution in [0.25, 0.3) is 10.9 Å². The molecule has 0 radical (unpaired) electrons. The van der Waals surface area contributed by atoms with E-state index < -0.39 is 0 Å². The van der Waals surface area contributed by atoms with Gasteiger partial charge in [0.05, 0.1) is 23.7 Å². The van der Waals surface area contributed by atoms with Gasteiger partial charge in [-0.25, -0.2) is 0 Å². The fourth-order valence-electron chi connectivity index (χ4n) is 1.61. The van der Waals surface area contributed by atoms with Gasteiger partial charge in [-0.2, -0.15) is 5.26 Å². The fourth-order valence-corrected chi connectivity index (χ4v) is 1.61. The number of nitrogens with zero attached hydrogens (tertiary/aromatic N) is 3. The van der Waals surface area contributed by atoms with Crippen LogP contribution in [0.15, 0.2) is 30.3 Å². The van der Waals surface area contributed by atoms with Crippen LogP contribution in [0.3, 0.4) is 0 Å². The second kappa shape index (κ2) is 4.19. The monoisotopic (exact) mass is 211 g/mol. The average Bonchev–Trinajstić information content (AvgIpc) is 2.28. The second-order valence-corrected chi connectivity index (χ2v) is 3.91. The number of nitriles is 1. The highest BCUT2D eigenvalue weighted by atomic mass is 15.1. The molecule has 0 fully saturated rings. The van der Waals surface area contributed by atoms with Gasteiger partial charge in [-0.3, -0.25) is 4.98 Å². The van der Waals surface area contributed by atoms with Crippen molar-refractivity contribution >= 4 is 16.6 Å². The molecular formula is C13H13N3. The molecule has 1 heterocycles. The quantitative estimate of drug-likeness (QED) is 0.765.